The van der Waals surface area contributed by atoms with E-state index < -0.39 is 0 Å². The Hall–Kier alpha value is -1.85. The highest BCUT2D eigenvalue weighted by atomic mass is 16.5. The van der Waals surface area contributed by atoms with Crippen LogP contribution in [0, 0.1) is 6.92 Å². The molecular weight excluding hydrogens is 312 g/mol. The number of aryl methyl sites for hydroxylation is 3. The first kappa shape index (κ1) is 16.6. The van der Waals surface area contributed by atoms with Crippen LogP contribution in [0.4, 0.5) is 5.82 Å². The van der Waals surface area contributed by atoms with E-state index in [0.29, 0.717) is 6.04 Å². The summed E-state index contributed by atoms with van der Waals surface area (Å²) in [6.07, 6.45) is 3.52. The Morgan fingerprint density at radius 1 is 1.20 bits per heavy atom. The smallest absolute Gasteiger partial charge is 0.131 e. The van der Waals surface area contributed by atoms with Crippen molar-refractivity contribution in [2.75, 3.05) is 31.2 Å². The van der Waals surface area contributed by atoms with Crippen molar-refractivity contribution in [3.05, 3.63) is 46.6 Å². The molecule has 1 aromatic carbocycles. The van der Waals surface area contributed by atoms with Gasteiger partial charge in [-0.3, -0.25) is 4.68 Å². The van der Waals surface area contributed by atoms with Gasteiger partial charge in [-0.05, 0) is 37.3 Å². The molecular formula is C20H28N4O. The van der Waals surface area contributed by atoms with E-state index in [1.165, 1.54) is 35.3 Å². The van der Waals surface area contributed by atoms with Crippen LogP contribution in [0.15, 0.2) is 24.3 Å². The lowest BCUT2D eigenvalue weighted by Gasteiger charge is -2.30. The average Bonchev–Trinajstić information content (AvgIpc) is 2.93. The first-order chi connectivity index (χ1) is 12.2. The maximum absolute atomic E-state index is 5.51. The van der Waals surface area contributed by atoms with Crippen LogP contribution in [0.2, 0.25) is 0 Å². The lowest BCUT2D eigenvalue weighted by Crippen LogP contribution is -2.39. The monoisotopic (exact) mass is 340 g/mol. The molecule has 1 aliphatic heterocycles. The van der Waals surface area contributed by atoms with Gasteiger partial charge in [0.25, 0.3) is 0 Å². The molecule has 1 aliphatic carbocycles. The molecule has 134 valence electrons. The van der Waals surface area contributed by atoms with Gasteiger partial charge >= 0.3 is 0 Å². The second-order valence-corrected chi connectivity index (χ2v) is 7.20. The lowest BCUT2D eigenvalue weighted by atomic mass is 9.88. The zero-order valence-corrected chi connectivity index (χ0v) is 15.3. The highest BCUT2D eigenvalue weighted by molar-refractivity contribution is 5.50. The number of aromatic nitrogens is 2. The molecule has 0 amide bonds. The van der Waals surface area contributed by atoms with Crippen LogP contribution in [0.3, 0.4) is 0 Å². The summed E-state index contributed by atoms with van der Waals surface area (Å²) in [5, 5.41) is 8.48. The fourth-order valence-electron chi connectivity index (χ4n) is 4.19. The average molecular weight is 340 g/mol. The van der Waals surface area contributed by atoms with E-state index >= 15 is 0 Å². The molecule has 0 unspecified atom stereocenters. The van der Waals surface area contributed by atoms with Gasteiger partial charge in [0.15, 0.2) is 0 Å². The second-order valence-electron chi connectivity index (χ2n) is 7.20. The minimum absolute atomic E-state index is 0.548. The van der Waals surface area contributed by atoms with E-state index in [2.05, 4.69) is 53.6 Å². The Morgan fingerprint density at radius 3 is 2.76 bits per heavy atom. The zero-order valence-electron chi connectivity index (χ0n) is 15.3. The predicted octanol–water partition coefficient (Wildman–Crippen LogP) is 2.21. The number of rotatable bonds is 4. The molecule has 0 saturated carbocycles. The molecule has 0 radical (unpaired) electrons. The number of nitrogens with one attached hydrogen (secondary N) is 1. The number of fused-ring (bicyclic) bond motifs is 1. The fraction of sp³-hybridized carbons (Fsp3) is 0.550. The normalized spacial score (nSPS) is 20.6. The van der Waals surface area contributed by atoms with Crippen LogP contribution in [-0.2, 0) is 31.2 Å². The van der Waals surface area contributed by atoms with Crippen LogP contribution >= 0.6 is 0 Å². The van der Waals surface area contributed by atoms with Gasteiger partial charge in [-0.25, -0.2) is 0 Å². The molecule has 2 aliphatic rings. The Labute approximate surface area is 150 Å². The van der Waals surface area contributed by atoms with Gasteiger partial charge in [0, 0.05) is 38.3 Å². The summed E-state index contributed by atoms with van der Waals surface area (Å²) in [5.74, 6) is 1.25. The zero-order chi connectivity index (χ0) is 17.2. The Balaban J connectivity index is 1.46. The summed E-state index contributed by atoms with van der Waals surface area (Å²) in [4.78, 5) is 2.41. The molecule has 5 heteroatoms. The second kappa shape index (κ2) is 7.18. The van der Waals surface area contributed by atoms with Gasteiger partial charge in [-0.15, -0.1) is 0 Å². The molecule has 1 atom stereocenters. The molecule has 2 aromatic rings. The van der Waals surface area contributed by atoms with E-state index in [0.717, 1.165) is 45.0 Å². The number of morpholine rings is 1. The van der Waals surface area contributed by atoms with Crippen LogP contribution in [0.1, 0.15) is 28.8 Å². The first-order valence-electron chi connectivity index (χ1n) is 9.37. The molecule has 0 bridgehead atoms. The summed E-state index contributed by atoms with van der Waals surface area (Å²) >= 11 is 0. The summed E-state index contributed by atoms with van der Waals surface area (Å²) in [6.45, 7) is 6.51. The standard InChI is InChI=1S/C20H28N4O/c1-15-19(20(23(2)22-15)24-9-11-25-12-10-24)14-21-18-8-7-16-5-3-4-6-17(16)13-18/h3-6,18,21H,7-14H2,1-2H3/t18-/m0/s1. The van der Waals surface area contributed by atoms with Crippen molar-refractivity contribution in [2.45, 2.75) is 38.8 Å². The van der Waals surface area contributed by atoms with Crippen molar-refractivity contribution in [3.8, 4) is 0 Å². The third-order valence-corrected chi connectivity index (χ3v) is 5.54. The number of hydrogen-bond donors (Lipinski definition) is 1. The molecule has 1 aromatic heterocycles. The van der Waals surface area contributed by atoms with Gasteiger partial charge in [0.1, 0.15) is 5.82 Å². The van der Waals surface area contributed by atoms with E-state index in [1.54, 1.807) is 0 Å². The third kappa shape index (κ3) is 3.44. The lowest BCUT2D eigenvalue weighted by molar-refractivity contribution is 0.122. The van der Waals surface area contributed by atoms with E-state index in [9.17, 15) is 0 Å². The third-order valence-electron chi connectivity index (χ3n) is 5.54. The van der Waals surface area contributed by atoms with E-state index in [1.807, 2.05) is 4.68 Å². The molecule has 5 nitrogen and oxygen atoms in total. The van der Waals surface area contributed by atoms with Crippen molar-refractivity contribution >= 4 is 5.82 Å². The van der Waals surface area contributed by atoms with Gasteiger partial charge in [-0.1, -0.05) is 24.3 Å². The topological polar surface area (TPSA) is 42.3 Å². The number of benzene rings is 1. The number of hydrogen-bond acceptors (Lipinski definition) is 4. The highest BCUT2D eigenvalue weighted by Gasteiger charge is 2.23. The van der Waals surface area contributed by atoms with Crippen LogP contribution < -0.4 is 10.2 Å². The number of ether oxygens (including phenoxy) is 1. The maximum Gasteiger partial charge on any atom is 0.131 e. The summed E-state index contributed by atoms with van der Waals surface area (Å²) in [7, 11) is 2.05. The fourth-order valence-corrected chi connectivity index (χ4v) is 4.19. The Kier molecular flexibility index (Phi) is 4.77. The van der Waals surface area contributed by atoms with Crippen LogP contribution in [0.25, 0.3) is 0 Å². The molecule has 1 N–H and O–H groups in total. The van der Waals surface area contributed by atoms with Crippen molar-refractivity contribution < 1.29 is 4.74 Å². The van der Waals surface area contributed by atoms with Gasteiger partial charge < -0.3 is 15.0 Å². The van der Waals surface area contributed by atoms with E-state index in [-0.39, 0.29) is 0 Å². The van der Waals surface area contributed by atoms with Crippen molar-refractivity contribution in [1.29, 1.82) is 0 Å². The molecule has 0 spiro atoms. The molecule has 1 fully saturated rings. The van der Waals surface area contributed by atoms with Crippen LogP contribution in [0.5, 0.6) is 0 Å². The molecule has 2 heterocycles. The largest absolute Gasteiger partial charge is 0.378 e. The highest BCUT2D eigenvalue weighted by Crippen LogP contribution is 2.26. The molecule has 4 rings (SSSR count). The SMILES string of the molecule is Cc1nn(C)c(N2CCOCC2)c1CN[C@H]1CCc2ccccc2C1. The molecule has 1 saturated heterocycles. The van der Waals surface area contributed by atoms with Gasteiger partial charge in [-0.2, -0.15) is 5.10 Å². The Bertz CT molecular complexity index is 733. The number of nitrogens with zero attached hydrogens (tertiary/aromatic N) is 3. The van der Waals surface area contributed by atoms with Crippen molar-refractivity contribution in [2.24, 2.45) is 7.05 Å². The summed E-state index contributed by atoms with van der Waals surface area (Å²) in [5.41, 5.74) is 5.49. The number of anilines is 1. The minimum Gasteiger partial charge on any atom is -0.378 e. The Morgan fingerprint density at radius 2 is 1.96 bits per heavy atom. The minimum atomic E-state index is 0.548. The predicted molar refractivity (Wildman–Crippen MR) is 100 cm³/mol. The van der Waals surface area contributed by atoms with Crippen LogP contribution in [-0.4, -0.2) is 42.1 Å². The quantitative estimate of drug-likeness (QED) is 0.927. The maximum atomic E-state index is 5.51. The molecule has 25 heavy (non-hydrogen) atoms. The van der Waals surface area contributed by atoms with Gasteiger partial charge in [0.05, 0.1) is 18.9 Å². The van der Waals surface area contributed by atoms with Gasteiger partial charge in [0.2, 0.25) is 0 Å². The summed E-state index contributed by atoms with van der Waals surface area (Å²) in [6, 6.07) is 9.40. The van der Waals surface area contributed by atoms with Crippen molar-refractivity contribution in [3.63, 3.8) is 0 Å². The summed E-state index contributed by atoms with van der Waals surface area (Å²) < 4.78 is 7.54. The van der Waals surface area contributed by atoms with E-state index in [4.69, 9.17) is 4.74 Å². The van der Waals surface area contributed by atoms with Crippen molar-refractivity contribution in [1.82, 2.24) is 15.1 Å². The first-order valence-corrected chi connectivity index (χ1v) is 9.37.